The predicted octanol–water partition coefficient (Wildman–Crippen LogP) is 1.11. The van der Waals surface area contributed by atoms with E-state index in [1.54, 1.807) is 14.2 Å². The Morgan fingerprint density at radius 3 is 2.24 bits per heavy atom. The van der Waals surface area contributed by atoms with E-state index in [-0.39, 0.29) is 6.61 Å². The lowest BCUT2D eigenvalue weighted by Crippen LogP contribution is -2.05. The molecule has 5 nitrogen and oxygen atoms in total. The first-order valence-corrected chi connectivity index (χ1v) is 5.21. The molecule has 0 aliphatic carbocycles. The van der Waals surface area contributed by atoms with Gasteiger partial charge in [-0.15, -0.1) is 0 Å². The standard InChI is InChI=1S/C12H16N2O3/c1-15-10-7-9(3-4-13)8-11(16-2)12(10)17-6-5-14/h7-8H,3-4,6,13H2,1-2H3. The molecule has 0 aromatic heterocycles. The average molecular weight is 236 g/mol. The van der Waals surface area contributed by atoms with Gasteiger partial charge in [-0.1, -0.05) is 0 Å². The maximum absolute atomic E-state index is 8.52. The Morgan fingerprint density at radius 2 is 1.82 bits per heavy atom. The summed E-state index contributed by atoms with van der Waals surface area (Å²) in [6.07, 6.45) is 0.727. The lowest BCUT2D eigenvalue weighted by molar-refractivity contribution is 0.303. The smallest absolute Gasteiger partial charge is 0.204 e. The molecule has 92 valence electrons. The van der Waals surface area contributed by atoms with E-state index in [1.807, 2.05) is 18.2 Å². The summed E-state index contributed by atoms with van der Waals surface area (Å²) in [5.74, 6) is 1.53. The molecule has 0 amide bonds. The highest BCUT2D eigenvalue weighted by Gasteiger charge is 2.13. The van der Waals surface area contributed by atoms with Crippen molar-refractivity contribution in [3.8, 4) is 23.3 Å². The molecule has 17 heavy (non-hydrogen) atoms. The second-order valence-corrected chi connectivity index (χ2v) is 3.31. The lowest BCUT2D eigenvalue weighted by Gasteiger charge is -2.14. The number of nitrogens with two attached hydrogens (primary N) is 1. The molecule has 0 unspecified atom stereocenters. The van der Waals surface area contributed by atoms with Gasteiger partial charge in [0.15, 0.2) is 18.1 Å². The zero-order valence-electron chi connectivity index (χ0n) is 10.0. The highest BCUT2D eigenvalue weighted by molar-refractivity contribution is 5.54. The molecule has 0 aliphatic rings. The third-order valence-electron chi connectivity index (χ3n) is 2.23. The topological polar surface area (TPSA) is 77.5 Å². The molecule has 5 heteroatoms. The van der Waals surface area contributed by atoms with Gasteiger partial charge in [-0.3, -0.25) is 0 Å². The fraction of sp³-hybridized carbons (Fsp3) is 0.417. The number of nitrogens with zero attached hydrogens (tertiary/aromatic N) is 1. The van der Waals surface area contributed by atoms with E-state index in [1.165, 1.54) is 0 Å². The van der Waals surface area contributed by atoms with Crippen molar-refractivity contribution in [2.24, 2.45) is 5.73 Å². The summed E-state index contributed by atoms with van der Waals surface area (Å²) >= 11 is 0. The molecule has 1 aromatic carbocycles. The summed E-state index contributed by atoms with van der Waals surface area (Å²) in [7, 11) is 3.08. The molecule has 1 aromatic rings. The number of hydrogen-bond acceptors (Lipinski definition) is 5. The number of hydrogen-bond donors (Lipinski definition) is 1. The minimum absolute atomic E-state index is 0.0526. The molecule has 0 bridgehead atoms. The molecule has 0 aliphatic heterocycles. The van der Waals surface area contributed by atoms with Crippen LogP contribution in [0.4, 0.5) is 0 Å². The van der Waals surface area contributed by atoms with E-state index in [9.17, 15) is 0 Å². The van der Waals surface area contributed by atoms with Crippen molar-refractivity contribution in [3.63, 3.8) is 0 Å². The fourth-order valence-corrected chi connectivity index (χ4v) is 1.49. The molecule has 0 saturated carbocycles. The van der Waals surface area contributed by atoms with Crippen LogP contribution in [0.2, 0.25) is 0 Å². The van der Waals surface area contributed by atoms with Crippen molar-refractivity contribution in [2.45, 2.75) is 6.42 Å². The van der Waals surface area contributed by atoms with Gasteiger partial charge in [0.05, 0.1) is 14.2 Å². The van der Waals surface area contributed by atoms with Crippen molar-refractivity contribution >= 4 is 0 Å². The lowest BCUT2D eigenvalue weighted by atomic mass is 10.1. The van der Waals surface area contributed by atoms with Crippen LogP contribution in [-0.2, 0) is 6.42 Å². The Balaban J connectivity index is 3.12. The highest BCUT2D eigenvalue weighted by Crippen LogP contribution is 2.38. The second-order valence-electron chi connectivity index (χ2n) is 3.31. The van der Waals surface area contributed by atoms with Gasteiger partial charge in [0.2, 0.25) is 5.75 Å². The van der Waals surface area contributed by atoms with Crippen LogP contribution in [0.15, 0.2) is 12.1 Å². The minimum Gasteiger partial charge on any atom is -0.493 e. The van der Waals surface area contributed by atoms with Gasteiger partial charge in [0, 0.05) is 0 Å². The van der Waals surface area contributed by atoms with Crippen molar-refractivity contribution in [1.82, 2.24) is 0 Å². The second kappa shape index (κ2) is 6.61. The summed E-state index contributed by atoms with van der Waals surface area (Å²) in [5, 5.41) is 8.52. The first kappa shape index (κ1) is 13.1. The van der Waals surface area contributed by atoms with Crippen LogP contribution >= 0.6 is 0 Å². The van der Waals surface area contributed by atoms with Crippen LogP contribution in [-0.4, -0.2) is 27.4 Å². The Hall–Kier alpha value is -1.93. The summed E-state index contributed by atoms with van der Waals surface area (Å²) in [5.41, 5.74) is 6.51. The van der Waals surface area contributed by atoms with Crippen molar-refractivity contribution in [2.75, 3.05) is 27.4 Å². The molecule has 0 heterocycles. The highest BCUT2D eigenvalue weighted by atomic mass is 16.5. The number of benzene rings is 1. The van der Waals surface area contributed by atoms with E-state index < -0.39 is 0 Å². The van der Waals surface area contributed by atoms with Gasteiger partial charge in [-0.05, 0) is 30.7 Å². The van der Waals surface area contributed by atoms with Gasteiger partial charge in [0.1, 0.15) is 6.07 Å². The van der Waals surface area contributed by atoms with Crippen molar-refractivity contribution < 1.29 is 14.2 Å². The van der Waals surface area contributed by atoms with E-state index in [0.29, 0.717) is 23.8 Å². The molecular formula is C12H16N2O3. The average Bonchev–Trinajstić information content (AvgIpc) is 2.36. The van der Waals surface area contributed by atoms with Crippen LogP contribution in [0.25, 0.3) is 0 Å². The number of ether oxygens (including phenoxy) is 3. The maximum atomic E-state index is 8.52. The third-order valence-corrected chi connectivity index (χ3v) is 2.23. The normalized spacial score (nSPS) is 9.53. The van der Waals surface area contributed by atoms with Gasteiger partial charge < -0.3 is 19.9 Å². The Labute approximate surface area is 101 Å². The van der Waals surface area contributed by atoms with E-state index in [4.69, 9.17) is 25.2 Å². The molecule has 0 spiro atoms. The van der Waals surface area contributed by atoms with Crippen molar-refractivity contribution in [3.05, 3.63) is 17.7 Å². The summed E-state index contributed by atoms with van der Waals surface area (Å²) in [6, 6.07) is 5.58. The number of methoxy groups -OCH3 is 2. The van der Waals surface area contributed by atoms with Gasteiger partial charge in [-0.25, -0.2) is 0 Å². The first-order chi connectivity index (χ1) is 8.26. The maximum Gasteiger partial charge on any atom is 0.204 e. The Bertz CT molecular complexity index is 388. The zero-order chi connectivity index (χ0) is 12.7. The number of rotatable bonds is 6. The molecule has 0 fully saturated rings. The summed E-state index contributed by atoms with van der Waals surface area (Å²) < 4.78 is 15.7. The molecular weight excluding hydrogens is 220 g/mol. The minimum atomic E-state index is -0.0526. The van der Waals surface area contributed by atoms with Gasteiger partial charge >= 0.3 is 0 Å². The van der Waals surface area contributed by atoms with Crippen LogP contribution < -0.4 is 19.9 Å². The molecule has 0 saturated heterocycles. The van der Waals surface area contributed by atoms with E-state index in [2.05, 4.69) is 0 Å². The monoisotopic (exact) mass is 236 g/mol. The van der Waals surface area contributed by atoms with Crippen molar-refractivity contribution in [1.29, 1.82) is 5.26 Å². The summed E-state index contributed by atoms with van der Waals surface area (Å²) in [4.78, 5) is 0. The molecule has 1 rings (SSSR count). The molecule has 2 N–H and O–H groups in total. The quantitative estimate of drug-likeness (QED) is 0.800. The van der Waals surface area contributed by atoms with Crippen LogP contribution in [0.3, 0.4) is 0 Å². The van der Waals surface area contributed by atoms with Crippen LogP contribution in [0.1, 0.15) is 5.56 Å². The molecule has 0 atom stereocenters. The fourth-order valence-electron chi connectivity index (χ4n) is 1.49. The molecule has 0 radical (unpaired) electrons. The predicted molar refractivity (Wildman–Crippen MR) is 63.4 cm³/mol. The number of nitriles is 1. The van der Waals surface area contributed by atoms with E-state index in [0.717, 1.165) is 12.0 Å². The third kappa shape index (κ3) is 3.26. The first-order valence-electron chi connectivity index (χ1n) is 5.21. The Morgan fingerprint density at radius 1 is 1.24 bits per heavy atom. The Kier molecular flexibility index (Phi) is 5.11. The summed E-state index contributed by atoms with van der Waals surface area (Å²) in [6.45, 7) is 0.494. The van der Waals surface area contributed by atoms with Crippen LogP contribution in [0.5, 0.6) is 17.2 Å². The van der Waals surface area contributed by atoms with Crippen LogP contribution in [0, 0.1) is 11.3 Å². The largest absolute Gasteiger partial charge is 0.493 e. The zero-order valence-corrected chi connectivity index (χ0v) is 10.0. The van der Waals surface area contributed by atoms with Gasteiger partial charge in [0.25, 0.3) is 0 Å². The SMILES string of the molecule is COc1cc(CCN)cc(OC)c1OCC#N. The van der Waals surface area contributed by atoms with E-state index >= 15 is 0 Å². The van der Waals surface area contributed by atoms with Gasteiger partial charge in [-0.2, -0.15) is 5.26 Å².